The summed E-state index contributed by atoms with van der Waals surface area (Å²) in [6.07, 6.45) is 1.73. The summed E-state index contributed by atoms with van der Waals surface area (Å²) in [7, 11) is 0. The Morgan fingerprint density at radius 2 is 2.19 bits per heavy atom. The van der Waals surface area contributed by atoms with E-state index in [0.29, 0.717) is 29.4 Å². The predicted molar refractivity (Wildman–Crippen MR) is 62.1 cm³/mol. The van der Waals surface area contributed by atoms with Gasteiger partial charge in [0, 0.05) is 19.7 Å². The number of halogens is 1. The van der Waals surface area contributed by atoms with Gasteiger partial charge in [0.25, 0.3) is 5.91 Å². The molecule has 0 spiro atoms. The van der Waals surface area contributed by atoms with Gasteiger partial charge in [0.1, 0.15) is 0 Å². The lowest BCUT2D eigenvalue weighted by atomic mass is 9.98. The maximum atomic E-state index is 12.0. The first-order chi connectivity index (χ1) is 7.70. The molecule has 1 aliphatic heterocycles. The van der Waals surface area contributed by atoms with Gasteiger partial charge < -0.3 is 14.4 Å². The van der Waals surface area contributed by atoms with Crippen molar-refractivity contribution < 1.29 is 14.3 Å². The van der Waals surface area contributed by atoms with Crippen molar-refractivity contribution >= 4 is 21.8 Å². The number of carbonyl (C=O) groups excluding carboxylic acids is 1. The maximum absolute atomic E-state index is 12.0. The van der Waals surface area contributed by atoms with E-state index in [1.165, 1.54) is 0 Å². The van der Waals surface area contributed by atoms with Crippen LogP contribution in [0.15, 0.2) is 21.2 Å². The number of amides is 1. The molecule has 4 nitrogen and oxygen atoms in total. The van der Waals surface area contributed by atoms with E-state index in [0.717, 1.165) is 12.8 Å². The Morgan fingerprint density at radius 3 is 2.69 bits per heavy atom. The molecule has 1 N–H and O–H groups in total. The molecule has 0 aliphatic carbocycles. The lowest BCUT2D eigenvalue weighted by Gasteiger charge is -2.30. The molecule has 0 radical (unpaired) electrons. The zero-order valence-corrected chi connectivity index (χ0v) is 10.4. The highest BCUT2D eigenvalue weighted by molar-refractivity contribution is 9.10. The van der Waals surface area contributed by atoms with Crippen LogP contribution in [0.5, 0.6) is 0 Å². The number of piperidine rings is 1. The Morgan fingerprint density at radius 1 is 1.50 bits per heavy atom. The number of hydrogen-bond donors (Lipinski definition) is 1. The number of aliphatic hydroxyl groups is 1. The molecule has 0 atom stereocenters. The summed E-state index contributed by atoms with van der Waals surface area (Å²) >= 11 is 3.17. The first kappa shape index (κ1) is 11.7. The van der Waals surface area contributed by atoms with Gasteiger partial charge in [-0.05, 0) is 46.8 Å². The quantitative estimate of drug-likeness (QED) is 0.904. The number of carbonyl (C=O) groups is 1. The van der Waals surface area contributed by atoms with E-state index in [1.54, 1.807) is 17.0 Å². The van der Waals surface area contributed by atoms with E-state index in [2.05, 4.69) is 15.9 Å². The highest BCUT2D eigenvalue weighted by Crippen LogP contribution is 2.20. The molecule has 0 aromatic carbocycles. The summed E-state index contributed by atoms with van der Waals surface area (Å²) in [5.74, 6) is 0.642. The minimum absolute atomic E-state index is 0.0675. The Hall–Kier alpha value is -0.810. The van der Waals surface area contributed by atoms with Crippen molar-refractivity contribution in [2.75, 3.05) is 19.7 Å². The predicted octanol–water partition coefficient (Wildman–Crippen LogP) is 1.89. The van der Waals surface area contributed by atoms with Crippen molar-refractivity contribution in [1.82, 2.24) is 4.90 Å². The molecular formula is C11H14BrNO3. The summed E-state index contributed by atoms with van der Waals surface area (Å²) < 4.78 is 5.80. The van der Waals surface area contributed by atoms with E-state index in [9.17, 15) is 4.79 Å². The highest BCUT2D eigenvalue weighted by atomic mass is 79.9. The van der Waals surface area contributed by atoms with Gasteiger partial charge in [-0.25, -0.2) is 0 Å². The second-order valence-corrected chi connectivity index (χ2v) is 4.80. The van der Waals surface area contributed by atoms with Crippen molar-refractivity contribution in [3.63, 3.8) is 0 Å². The summed E-state index contributed by atoms with van der Waals surface area (Å²) in [4.78, 5) is 13.7. The number of aliphatic hydroxyl groups excluding tert-OH is 1. The van der Waals surface area contributed by atoms with Crippen molar-refractivity contribution in [3.8, 4) is 0 Å². The first-order valence-electron chi connectivity index (χ1n) is 5.36. The lowest BCUT2D eigenvalue weighted by Crippen LogP contribution is -2.39. The van der Waals surface area contributed by atoms with Crippen molar-refractivity contribution in [3.05, 3.63) is 22.6 Å². The smallest absolute Gasteiger partial charge is 0.289 e. The minimum Gasteiger partial charge on any atom is -0.444 e. The van der Waals surface area contributed by atoms with Gasteiger partial charge in [-0.15, -0.1) is 0 Å². The third kappa shape index (κ3) is 2.47. The molecule has 0 unspecified atom stereocenters. The van der Waals surface area contributed by atoms with Crippen LogP contribution in [-0.2, 0) is 0 Å². The van der Waals surface area contributed by atoms with Gasteiger partial charge in [0.2, 0.25) is 0 Å². The molecule has 1 saturated heterocycles. The average molecular weight is 288 g/mol. The van der Waals surface area contributed by atoms with Crippen LogP contribution in [0.3, 0.4) is 0 Å². The zero-order chi connectivity index (χ0) is 11.5. The number of furan rings is 1. The number of hydrogen-bond acceptors (Lipinski definition) is 3. The number of nitrogens with zero attached hydrogens (tertiary/aromatic N) is 1. The Balaban J connectivity index is 1.96. The van der Waals surface area contributed by atoms with E-state index in [1.807, 2.05) is 0 Å². The lowest BCUT2D eigenvalue weighted by molar-refractivity contribution is 0.0619. The Bertz CT molecular complexity index is 369. The average Bonchev–Trinajstić information content (AvgIpc) is 2.75. The van der Waals surface area contributed by atoms with Crippen LogP contribution in [0.25, 0.3) is 0 Å². The summed E-state index contributed by atoms with van der Waals surface area (Å²) in [5.41, 5.74) is 0. The first-order valence-corrected chi connectivity index (χ1v) is 6.15. The number of rotatable bonds is 2. The molecule has 1 amide bonds. The third-order valence-electron chi connectivity index (χ3n) is 2.94. The SMILES string of the molecule is O=C(c1ccc(Br)o1)N1CCC(CO)CC1. The van der Waals surface area contributed by atoms with Crippen LogP contribution in [0.1, 0.15) is 23.4 Å². The minimum atomic E-state index is -0.0675. The van der Waals surface area contributed by atoms with Gasteiger partial charge in [0.05, 0.1) is 0 Å². The van der Waals surface area contributed by atoms with Crippen LogP contribution in [0.4, 0.5) is 0 Å². The fraction of sp³-hybridized carbons (Fsp3) is 0.545. The van der Waals surface area contributed by atoms with Gasteiger partial charge in [-0.3, -0.25) is 4.79 Å². The van der Waals surface area contributed by atoms with Gasteiger partial charge in [0.15, 0.2) is 10.4 Å². The molecular weight excluding hydrogens is 274 g/mol. The second kappa shape index (κ2) is 5.01. The Labute approximate surface area is 102 Å². The fourth-order valence-electron chi connectivity index (χ4n) is 1.90. The molecule has 2 heterocycles. The molecule has 1 aromatic heterocycles. The van der Waals surface area contributed by atoms with Gasteiger partial charge >= 0.3 is 0 Å². The van der Waals surface area contributed by atoms with Gasteiger partial charge in [-0.2, -0.15) is 0 Å². The second-order valence-electron chi connectivity index (χ2n) is 4.02. The molecule has 2 rings (SSSR count). The largest absolute Gasteiger partial charge is 0.444 e. The molecule has 88 valence electrons. The van der Waals surface area contributed by atoms with E-state index in [-0.39, 0.29) is 12.5 Å². The monoisotopic (exact) mass is 287 g/mol. The molecule has 1 aromatic rings. The Kier molecular flexibility index (Phi) is 3.66. The molecule has 1 fully saturated rings. The van der Waals surface area contributed by atoms with E-state index in [4.69, 9.17) is 9.52 Å². The summed E-state index contributed by atoms with van der Waals surface area (Å²) in [5, 5.41) is 9.01. The molecule has 16 heavy (non-hydrogen) atoms. The van der Waals surface area contributed by atoms with Crippen LogP contribution in [0.2, 0.25) is 0 Å². The number of likely N-dealkylation sites (tertiary alicyclic amines) is 1. The van der Waals surface area contributed by atoms with Crippen LogP contribution in [0, 0.1) is 5.92 Å². The zero-order valence-electron chi connectivity index (χ0n) is 8.86. The van der Waals surface area contributed by atoms with Crippen molar-refractivity contribution in [1.29, 1.82) is 0 Å². The van der Waals surface area contributed by atoms with Crippen LogP contribution >= 0.6 is 15.9 Å². The van der Waals surface area contributed by atoms with E-state index < -0.39 is 0 Å². The normalized spacial score (nSPS) is 17.8. The maximum Gasteiger partial charge on any atom is 0.289 e. The highest BCUT2D eigenvalue weighted by Gasteiger charge is 2.24. The third-order valence-corrected chi connectivity index (χ3v) is 3.37. The van der Waals surface area contributed by atoms with Crippen LogP contribution < -0.4 is 0 Å². The summed E-state index contributed by atoms with van der Waals surface area (Å²) in [6, 6.07) is 3.39. The molecule has 0 bridgehead atoms. The topological polar surface area (TPSA) is 53.7 Å². The summed E-state index contributed by atoms with van der Waals surface area (Å²) in [6.45, 7) is 1.61. The van der Waals surface area contributed by atoms with Crippen molar-refractivity contribution in [2.45, 2.75) is 12.8 Å². The van der Waals surface area contributed by atoms with Crippen LogP contribution in [-0.4, -0.2) is 35.6 Å². The standard InChI is InChI=1S/C11H14BrNO3/c12-10-2-1-9(16-10)11(15)13-5-3-8(7-14)4-6-13/h1-2,8,14H,3-7H2. The van der Waals surface area contributed by atoms with Gasteiger partial charge in [-0.1, -0.05) is 0 Å². The molecule has 5 heteroatoms. The van der Waals surface area contributed by atoms with E-state index >= 15 is 0 Å². The fourth-order valence-corrected chi connectivity index (χ4v) is 2.21. The van der Waals surface area contributed by atoms with Crippen molar-refractivity contribution in [2.24, 2.45) is 5.92 Å². The molecule has 1 aliphatic rings. The molecule has 0 saturated carbocycles.